The zero-order valence-corrected chi connectivity index (χ0v) is 34.3. The van der Waals surface area contributed by atoms with E-state index in [0.29, 0.717) is 61.9 Å². The normalized spacial score (nSPS) is 42.4. The number of nitrogens with zero attached hydrogens (tertiary/aromatic N) is 4. The number of carbonyl (C=O) groups excluding carboxylic acids is 2. The van der Waals surface area contributed by atoms with Crippen LogP contribution in [0.15, 0.2) is 34.3 Å². The van der Waals surface area contributed by atoms with Crippen LogP contribution in [-0.2, 0) is 33.3 Å². The summed E-state index contributed by atoms with van der Waals surface area (Å²) in [7, 11) is 0. The lowest BCUT2D eigenvalue weighted by Gasteiger charge is -2.66. The van der Waals surface area contributed by atoms with Crippen LogP contribution in [0.3, 0.4) is 0 Å². The highest BCUT2D eigenvalue weighted by Gasteiger charge is 2.80. The lowest BCUT2D eigenvalue weighted by atomic mass is 9.45. The van der Waals surface area contributed by atoms with Gasteiger partial charge in [0.05, 0.1) is 22.0 Å². The highest BCUT2D eigenvalue weighted by atomic mass is 16.5. The van der Waals surface area contributed by atoms with Crippen LogP contribution in [0.25, 0.3) is 0 Å². The van der Waals surface area contributed by atoms with E-state index < -0.39 is 45.3 Å². The molecule has 13 rings (SSSR count). The lowest BCUT2D eigenvalue weighted by molar-refractivity contribution is -0.199. The van der Waals surface area contributed by atoms with Crippen molar-refractivity contribution < 1.29 is 39.5 Å². The number of hydrogen-bond acceptors (Lipinski definition) is 12. The molecule has 0 aromatic heterocycles. The third-order valence-corrected chi connectivity index (χ3v) is 17.7. The number of amidine groups is 2. The second-order valence-corrected chi connectivity index (χ2v) is 20.7. The van der Waals surface area contributed by atoms with Crippen LogP contribution in [-0.4, -0.2) is 126 Å². The summed E-state index contributed by atoms with van der Waals surface area (Å²) in [4.78, 5) is 43.0. The molecule has 2 amide bonds. The van der Waals surface area contributed by atoms with Gasteiger partial charge in [-0.3, -0.25) is 19.4 Å². The second-order valence-electron chi connectivity index (χ2n) is 20.7. The maximum absolute atomic E-state index is 13.7. The molecule has 5 heterocycles. The van der Waals surface area contributed by atoms with Gasteiger partial charge in [-0.2, -0.15) is 0 Å². The van der Waals surface area contributed by atoms with Crippen molar-refractivity contribution in [2.24, 2.45) is 21.8 Å². The van der Waals surface area contributed by atoms with E-state index in [9.17, 15) is 30.0 Å². The number of hydrogen-bond donors (Lipinski definition) is 6. The van der Waals surface area contributed by atoms with Crippen molar-refractivity contribution >= 4 is 23.5 Å². The summed E-state index contributed by atoms with van der Waals surface area (Å²) in [6.45, 7) is 6.25. The van der Waals surface area contributed by atoms with Crippen molar-refractivity contribution in [2.45, 2.75) is 148 Å². The first-order chi connectivity index (χ1) is 28.8. The van der Waals surface area contributed by atoms with Crippen LogP contribution < -0.4 is 20.1 Å². The number of phenols is 2. The zero-order chi connectivity index (χ0) is 40.9. The third-order valence-electron chi connectivity index (χ3n) is 17.7. The number of phenolic OH excluding ortho intramolecular Hbond substituents is 2. The predicted molar refractivity (Wildman–Crippen MR) is 218 cm³/mol. The Morgan fingerprint density at radius 1 is 0.733 bits per heavy atom. The Kier molecular flexibility index (Phi) is 6.93. The van der Waals surface area contributed by atoms with Crippen molar-refractivity contribution in [3.63, 3.8) is 0 Å². The second kappa shape index (κ2) is 11.4. The lowest BCUT2D eigenvalue weighted by Crippen LogP contribution is -2.82. The molecule has 2 unspecified atom stereocenters. The van der Waals surface area contributed by atoms with E-state index in [0.717, 1.165) is 48.4 Å². The highest BCUT2D eigenvalue weighted by Crippen LogP contribution is 2.70. The van der Waals surface area contributed by atoms with E-state index in [-0.39, 0.29) is 59.9 Å². The molecule has 14 heteroatoms. The number of likely N-dealkylation sites (tertiary alicyclic amines) is 2. The molecule has 6 aliphatic carbocycles. The fourth-order valence-electron chi connectivity index (χ4n) is 15.1. The van der Waals surface area contributed by atoms with Crippen LogP contribution in [0.4, 0.5) is 0 Å². The Morgan fingerprint density at radius 2 is 1.27 bits per heavy atom. The van der Waals surface area contributed by atoms with E-state index in [2.05, 4.69) is 20.4 Å². The molecule has 2 saturated heterocycles. The predicted octanol–water partition coefficient (Wildman–Crippen LogP) is 2.49. The molecule has 5 aliphatic heterocycles. The van der Waals surface area contributed by atoms with Crippen LogP contribution in [0, 0.1) is 11.8 Å². The number of rotatable bonds is 6. The van der Waals surface area contributed by atoms with E-state index in [1.807, 2.05) is 12.1 Å². The van der Waals surface area contributed by atoms with Gasteiger partial charge in [-0.1, -0.05) is 12.1 Å². The van der Waals surface area contributed by atoms with Gasteiger partial charge in [0.2, 0.25) is 11.8 Å². The maximum atomic E-state index is 13.7. The fourth-order valence-corrected chi connectivity index (χ4v) is 15.1. The minimum Gasteiger partial charge on any atom is -0.504 e. The van der Waals surface area contributed by atoms with Crippen LogP contribution in [0.5, 0.6) is 23.0 Å². The number of ether oxygens (including phenoxy) is 2. The van der Waals surface area contributed by atoms with Crippen molar-refractivity contribution in [1.82, 2.24) is 20.4 Å². The highest BCUT2D eigenvalue weighted by molar-refractivity contribution is 6.16. The molecule has 0 radical (unpaired) electrons. The minimum atomic E-state index is -1.40. The third kappa shape index (κ3) is 4.16. The molecular weight excluding hydrogens is 765 g/mol. The first-order valence-corrected chi connectivity index (χ1v) is 22.5. The molecule has 60 heavy (non-hydrogen) atoms. The summed E-state index contributed by atoms with van der Waals surface area (Å²) < 4.78 is 14.1. The van der Waals surface area contributed by atoms with Gasteiger partial charge in [0.25, 0.3) is 0 Å². The minimum absolute atomic E-state index is 0.00194. The monoisotopic (exact) mass is 818 g/mol. The van der Waals surface area contributed by atoms with Crippen LogP contribution in [0.2, 0.25) is 0 Å². The number of carbonyl (C=O) groups is 2. The van der Waals surface area contributed by atoms with E-state index in [4.69, 9.17) is 19.5 Å². The van der Waals surface area contributed by atoms with Gasteiger partial charge in [-0.25, -0.2) is 9.98 Å². The number of aliphatic hydroxyl groups is 2. The Labute approximate surface area is 348 Å². The molecule has 2 aromatic carbocycles. The first-order valence-electron chi connectivity index (χ1n) is 22.5. The quantitative estimate of drug-likeness (QED) is 0.253. The number of nitrogens with one attached hydrogen (secondary N) is 2. The summed E-state index contributed by atoms with van der Waals surface area (Å²) >= 11 is 0. The Hall–Kier alpha value is -4.24. The molecule has 6 fully saturated rings. The van der Waals surface area contributed by atoms with E-state index in [1.54, 1.807) is 12.1 Å². The number of aliphatic imine (C=N–C) groups is 2. The molecule has 4 saturated carbocycles. The summed E-state index contributed by atoms with van der Waals surface area (Å²) in [5.74, 6) is 1.83. The molecule has 3 spiro atoms. The summed E-state index contributed by atoms with van der Waals surface area (Å²) in [5, 5.41) is 56.2. The van der Waals surface area contributed by atoms with Gasteiger partial charge in [-0.05, 0) is 125 Å². The maximum Gasteiger partial charge on any atom is 0.222 e. The van der Waals surface area contributed by atoms with Gasteiger partial charge in [-0.15, -0.1) is 0 Å². The largest absolute Gasteiger partial charge is 0.504 e. The Morgan fingerprint density at radius 3 is 1.80 bits per heavy atom. The van der Waals surface area contributed by atoms with Crippen molar-refractivity contribution in [3.05, 3.63) is 46.5 Å². The van der Waals surface area contributed by atoms with Crippen molar-refractivity contribution in [2.75, 3.05) is 26.2 Å². The van der Waals surface area contributed by atoms with Gasteiger partial charge in [0, 0.05) is 50.1 Å². The average Bonchev–Trinajstić information content (AvgIpc) is 4.10. The Balaban J connectivity index is 0.995. The molecule has 10 atom stereocenters. The molecule has 2 aromatic rings. The fraction of sp³-hybridized carbons (Fsp3) is 0.652. The molecular formula is C46H54N6O8. The van der Waals surface area contributed by atoms with Crippen molar-refractivity contribution in [3.8, 4) is 23.0 Å². The van der Waals surface area contributed by atoms with E-state index >= 15 is 0 Å². The summed E-state index contributed by atoms with van der Waals surface area (Å²) in [6.07, 6.45) is 6.61. The van der Waals surface area contributed by atoms with Crippen LogP contribution >= 0.6 is 0 Å². The molecule has 14 nitrogen and oxygen atoms in total. The van der Waals surface area contributed by atoms with Gasteiger partial charge >= 0.3 is 0 Å². The first kappa shape index (κ1) is 36.4. The SMILES string of the molecule is CC(=O)NC1=NC([C@]2(NC(C)=O)CC[C@@]3(O)[C@H]4Cc5ccc(O)c6c5C3(CCN4CC3CC3)[C@H]2O6)=N[C@]12CC[C@@]1(O)[C@H]3Cc4ccc(O)c5c4C1(CCN3CC1CC1)[C@H]2O5. The summed E-state index contributed by atoms with van der Waals surface area (Å²) in [5.41, 5.74) is -3.44. The zero-order valence-electron chi connectivity index (χ0n) is 34.3. The van der Waals surface area contributed by atoms with Gasteiger partial charge < -0.3 is 40.5 Å². The molecule has 316 valence electrons. The number of aromatic hydroxyl groups is 2. The van der Waals surface area contributed by atoms with Crippen molar-refractivity contribution in [1.29, 1.82) is 0 Å². The number of piperidine rings is 2. The number of fused-ring (bicyclic) bond motifs is 1. The van der Waals surface area contributed by atoms with Gasteiger partial charge in [0.1, 0.15) is 23.6 Å². The molecule has 6 N–H and O–H groups in total. The summed E-state index contributed by atoms with van der Waals surface area (Å²) in [6, 6.07) is 6.96. The topological polar surface area (TPSA) is 189 Å². The Bertz CT molecular complexity index is 2400. The van der Waals surface area contributed by atoms with Crippen LogP contribution in [0.1, 0.15) is 100 Å². The number of amides is 2. The standard InChI is InChI=1S/C46H54N6O8/c1-23(53)47-39-43(11-13-45(57)31-19-27-7-9-29(55)35-33(27)41(45,37(43)59-35)15-17-51(31)21-25-3-4-25)50-40(48-39)44(49-24(2)54)12-14-46(58)32-20-28-8-10-30(56)36-34(28)42(46,38(44)60-36)16-18-52(32)22-26-5-6-26/h7-10,25-26,31-32,37-38,55-58H,3-6,11-22H2,1-2H3,(H,49,54)(H,47,48,50,53)/t31-,32-,37-,38-,41?,42?,43+,44+,45-,46-/m1/s1. The molecule has 11 aliphatic rings. The average molecular weight is 819 g/mol. The smallest absolute Gasteiger partial charge is 0.222 e. The number of benzene rings is 2. The van der Waals surface area contributed by atoms with E-state index in [1.165, 1.54) is 39.5 Å². The van der Waals surface area contributed by atoms with Gasteiger partial charge in [0.15, 0.2) is 34.4 Å². The molecule has 4 bridgehead atoms.